The van der Waals surface area contributed by atoms with Gasteiger partial charge in [0.05, 0.1) is 6.04 Å². The number of amides is 2. The molecular weight excluding hydrogens is 294 g/mol. The molecular formula is C17H29N3O3. The Kier molecular flexibility index (Phi) is 5.68. The number of nitrogens with zero attached hydrogens (tertiary/aromatic N) is 2. The van der Waals surface area contributed by atoms with Crippen LogP contribution in [0.25, 0.3) is 0 Å². The minimum absolute atomic E-state index is 0.0666. The van der Waals surface area contributed by atoms with E-state index in [1.807, 2.05) is 20.8 Å². The van der Waals surface area contributed by atoms with Crippen molar-refractivity contribution < 1.29 is 14.3 Å². The molecule has 6 heteroatoms. The molecule has 0 saturated carbocycles. The van der Waals surface area contributed by atoms with E-state index in [4.69, 9.17) is 4.74 Å². The van der Waals surface area contributed by atoms with Gasteiger partial charge >= 0.3 is 6.09 Å². The van der Waals surface area contributed by atoms with Gasteiger partial charge in [0.1, 0.15) is 5.60 Å². The van der Waals surface area contributed by atoms with Crippen LogP contribution in [0.3, 0.4) is 0 Å². The quantitative estimate of drug-likeness (QED) is 0.804. The molecule has 2 fully saturated rings. The zero-order chi connectivity index (χ0) is 17.0. The average molecular weight is 323 g/mol. The van der Waals surface area contributed by atoms with E-state index in [1.165, 1.54) is 18.9 Å². The number of carbonyl (C=O) groups is 2. The van der Waals surface area contributed by atoms with E-state index >= 15 is 0 Å². The Hall–Kier alpha value is -1.56. The van der Waals surface area contributed by atoms with Gasteiger partial charge in [0.2, 0.25) is 5.91 Å². The van der Waals surface area contributed by atoms with Crippen LogP contribution in [-0.2, 0) is 9.53 Å². The van der Waals surface area contributed by atoms with E-state index in [1.54, 1.807) is 4.90 Å². The summed E-state index contributed by atoms with van der Waals surface area (Å²) >= 11 is 0. The Labute approximate surface area is 138 Å². The monoisotopic (exact) mass is 323 g/mol. The van der Waals surface area contributed by atoms with E-state index in [-0.39, 0.29) is 18.0 Å². The van der Waals surface area contributed by atoms with Crippen LogP contribution >= 0.6 is 0 Å². The molecule has 0 spiro atoms. The maximum atomic E-state index is 12.6. The summed E-state index contributed by atoms with van der Waals surface area (Å²) in [5.74, 6) is -0.213. The van der Waals surface area contributed by atoms with E-state index < -0.39 is 5.60 Å². The van der Waals surface area contributed by atoms with E-state index in [9.17, 15) is 9.59 Å². The molecule has 0 aromatic carbocycles. The van der Waals surface area contributed by atoms with Crippen LogP contribution in [0.5, 0.6) is 0 Å². The third-order valence-electron chi connectivity index (χ3n) is 4.37. The number of piperazine rings is 1. The van der Waals surface area contributed by atoms with Gasteiger partial charge in [-0.3, -0.25) is 9.69 Å². The lowest BCUT2D eigenvalue weighted by molar-refractivity contribution is -0.117. The lowest BCUT2D eigenvalue weighted by Gasteiger charge is -2.48. The fourth-order valence-corrected chi connectivity index (χ4v) is 3.26. The van der Waals surface area contributed by atoms with Crippen LogP contribution in [0.15, 0.2) is 12.7 Å². The zero-order valence-corrected chi connectivity index (χ0v) is 14.5. The highest BCUT2D eigenvalue weighted by Crippen LogP contribution is 2.25. The Balaban J connectivity index is 2.07. The van der Waals surface area contributed by atoms with Crippen molar-refractivity contribution in [1.29, 1.82) is 0 Å². The average Bonchev–Trinajstić information content (AvgIpc) is 2.49. The van der Waals surface area contributed by atoms with Crippen LogP contribution in [0.2, 0.25) is 0 Å². The normalized spacial score (nSPS) is 25.4. The minimum Gasteiger partial charge on any atom is -0.444 e. The fourth-order valence-electron chi connectivity index (χ4n) is 3.26. The lowest BCUT2D eigenvalue weighted by atomic mass is 9.97. The maximum absolute atomic E-state index is 12.6. The summed E-state index contributed by atoms with van der Waals surface area (Å²) in [7, 11) is 0. The molecule has 2 aliphatic heterocycles. The second-order valence-corrected chi connectivity index (χ2v) is 7.38. The van der Waals surface area contributed by atoms with E-state index in [0.29, 0.717) is 19.1 Å². The molecule has 0 aromatic rings. The first-order valence-electron chi connectivity index (χ1n) is 8.44. The topological polar surface area (TPSA) is 61.9 Å². The predicted octanol–water partition coefficient (Wildman–Crippen LogP) is 1.76. The Morgan fingerprint density at radius 3 is 2.70 bits per heavy atom. The predicted molar refractivity (Wildman–Crippen MR) is 89.1 cm³/mol. The van der Waals surface area contributed by atoms with Crippen LogP contribution in [0.1, 0.15) is 40.0 Å². The number of ether oxygens (including phenoxy) is 1. The number of carbonyl (C=O) groups excluding carboxylic acids is 2. The molecule has 6 nitrogen and oxygen atoms in total. The smallest absolute Gasteiger partial charge is 0.410 e. The van der Waals surface area contributed by atoms with Gasteiger partial charge in [-0.05, 0) is 46.2 Å². The fraction of sp³-hybridized carbons (Fsp3) is 0.765. The highest BCUT2D eigenvalue weighted by atomic mass is 16.6. The molecule has 2 unspecified atom stereocenters. The van der Waals surface area contributed by atoms with Crippen molar-refractivity contribution in [2.75, 3.05) is 26.2 Å². The van der Waals surface area contributed by atoms with Crippen molar-refractivity contribution in [3.8, 4) is 0 Å². The molecule has 2 amide bonds. The molecule has 0 aliphatic carbocycles. The second-order valence-electron chi connectivity index (χ2n) is 7.38. The number of piperidine rings is 1. The molecule has 2 rings (SSSR count). The molecule has 2 atom stereocenters. The summed E-state index contributed by atoms with van der Waals surface area (Å²) in [6, 6.07) is 0.339. The summed E-state index contributed by atoms with van der Waals surface area (Å²) in [4.78, 5) is 28.3. The van der Waals surface area contributed by atoms with E-state index in [2.05, 4.69) is 16.8 Å². The summed E-state index contributed by atoms with van der Waals surface area (Å²) in [5, 5.41) is 2.81. The van der Waals surface area contributed by atoms with Gasteiger partial charge in [0.15, 0.2) is 0 Å². The number of hydrogen-bond donors (Lipinski definition) is 1. The van der Waals surface area contributed by atoms with Crippen LogP contribution in [0.4, 0.5) is 4.79 Å². The number of fused-ring (bicyclic) bond motifs is 1. The second kappa shape index (κ2) is 7.34. The molecule has 23 heavy (non-hydrogen) atoms. The van der Waals surface area contributed by atoms with Gasteiger partial charge in [0, 0.05) is 25.7 Å². The van der Waals surface area contributed by atoms with E-state index in [0.717, 1.165) is 19.5 Å². The highest BCUT2D eigenvalue weighted by molar-refractivity contribution is 5.86. The van der Waals surface area contributed by atoms with Crippen molar-refractivity contribution in [3.05, 3.63) is 12.7 Å². The molecule has 2 saturated heterocycles. The SMILES string of the molecule is C=CC(=O)NCC1CN2CCCCC2CN1C(=O)OC(C)(C)C. The highest BCUT2D eigenvalue weighted by Gasteiger charge is 2.38. The van der Waals surface area contributed by atoms with Crippen molar-refractivity contribution in [3.63, 3.8) is 0 Å². The third kappa shape index (κ3) is 4.96. The van der Waals surface area contributed by atoms with Gasteiger partial charge < -0.3 is 15.0 Å². The minimum atomic E-state index is -0.518. The molecule has 0 bridgehead atoms. The first kappa shape index (κ1) is 17.8. The molecule has 130 valence electrons. The molecule has 0 aromatic heterocycles. The molecule has 0 radical (unpaired) electrons. The van der Waals surface area contributed by atoms with Crippen molar-refractivity contribution in [2.45, 2.75) is 57.7 Å². The van der Waals surface area contributed by atoms with Gasteiger partial charge in [-0.1, -0.05) is 13.0 Å². The van der Waals surface area contributed by atoms with Gasteiger partial charge in [-0.15, -0.1) is 0 Å². The zero-order valence-electron chi connectivity index (χ0n) is 14.5. The van der Waals surface area contributed by atoms with Gasteiger partial charge in [-0.2, -0.15) is 0 Å². The Morgan fingerprint density at radius 2 is 2.04 bits per heavy atom. The third-order valence-corrected chi connectivity index (χ3v) is 4.37. The van der Waals surface area contributed by atoms with Crippen molar-refractivity contribution in [2.24, 2.45) is 0 Å². The Morgan fingerprint density at radius 1 is 1.30 bits per heavy atom. The van der Waals surface area contributed by atoms with Crippen LogP contribution in [-0.4, -0.2) is 65.7 Å². The summed E-state index contributed by atoms with van der Waals surface area (Å²) < 4.78 is 5.56. The standard InChI is InChI=1S/C17H29N3O3/c1-5-15(21)18-10-14-11-19-9-7-6-8-13(19)12-20(14)16(22)23-17(2,3)4/h5,13-14H,1,6-12H2,2-4H3,(H,18,21). The van der Waals surface area contributed by atoms with Crippen LogP contribution < -0.4 is 5.32 Å². The molecule has 1 N–H and O–H groups in total. The molecule has 2 heterocycles. The Bertz CT molecular complexity index is 458. The summed E-state index contributed by atoms with van der Waals surface area (Å²) in [6.45, 7) is 12.0. The van der Waals surface area contributed by atoms with Crippen molar-refractivity contribution in [1.82, 2.24) is 15.1 Å². The number of hydrogen-bond acceptors (Lipinski definition) is 4. The van der Waals surface area contributed by atoms with Crippen molar-refractivity contribution >= 4 is 12.0 Å². The maximum Gasteiger partial charge on any atom is 0.410 e. The summed E-state index contributed by atoms with van der Waals surface area (Å²) in [6.07, 6.45) is 4.49. The van der Waals surface area contributed by atoms with Gasteiger partial charge in [0.25, 0.3) is 0 Å². The number of nitrogens with one attached hydrogen (secondary N) is 1. The summed E-state index contributed by atoms with van der Waals surface area (Å²) in [5.41, 5.74) is -0.518. The lowest BCUT2D eigenvalue weighted by Crippen LogP contribution is -2.63. The van der Waals surface area contributed by atoms with Crippen LogP contribution in [0, 0.1) is 0 Å². The molecule has 2 aliphatic rings. The largest absolute Gasteiger partial charge is 0.444 e. The first-order chi connectivity index (χ1) is 10.8. The van der Waals surface area contributed by atoms with Gasteiger partial charge in [-0.25, -0.2) is 4.79 Å². The number of rotatable bonds is 3. The first-order valence-corrected chi connectivity index (χ1v) is 8.44.